The van der Waals surface area contributed by atoms with E-state index in [-0.39, 0.29) is 12.1 Å². The van der Waals surface area contributed by atoms with Crippen molar-refractivity contribution in [2.24, 2.45) is 0 Å². The molecule has 0 aliphatic carbocycles. The van der Waals surface area contributed by atoms with E-state index in [1.54, 1.807) is 18.4 Å². The zero-order valence-electron chi connectivity index (χ0n) is 16.3. The van der Waals surface area contributed by atoms with E-state index in [2.05, 4.69) is 39.8 Å². The predicted molar refractivity (Wildman–Crippen MR) is 115 cm³/mol. The van der Waals surface area contributed by atoms with Crippen LogP contribution in [-0.4, -0.2) is 24.5 Å². The molecule has 2 N–H and O–H groups in total. The molecule has 0 saturated heterocycles. The van der Waals surface area contributed by atoms with Gasteiger partial charge in [-0.2, -0.15) is 0 Å². The molecule has 0 fully saturated rings. The number of ether oxygens (including phenoxy) is 1. The summed E-state index contributed by atoms with van der Waals surface area (Å²) < 4.78 is 5.48. The van der Waals surface area contributed by atoms with Crippen molar-refractivity contribution in [3.8, 4) is 5.75 Å². The fourth-order valence-electron chi connectivity index (χ4n) is 4.21. The summed E-state index contributed by atoms with van der Waals surface area (Å²) in [4.78, 5) is 16.7. The number of thiophene rings is 1. The number of nitrogens with one attached hydrogen (secondary N) is 2. The van der Waals surface area contributed by atoms with Crippen molar-refractivity contribution in [2.45, 2.75) is 25.7 Å². The van der Waals surface area contributed by atoms with Gasteiger partial charge in [0.25, 0.3) is 5.91 Å². The normalized spacial score (nSPS) is 18.4. The SMILES string of the molecule is COc1ccccc1[C@H]1NC(=O)c2c(sc3c2CCN(Cc2ccccc2)C3)N1. The average molecular weight is 406 g/mol. The molecule has 0 saturated carbocycles. The number of rotatable bonds is 4. The first-order chi connectivity index (χ1) is 14.2. The molecule has 1 aromatic heterocycles. The number of methoxy groups -OCH3 is 1. The van der Waals surface area contributed by atoms with Crippen molar-refractivity contribution in [2.75, 3.05) is 19.0 Å². The second-order valence-corrected chi connectivity index (χ2v) is 8.55. The summed E-state index contributed by atoms with van der Waals surface area (Å²) in [6.45, 7) is 2.79. The van der Waals surface area contributed by atoms with Gasteiger partial charge in [0.05, 0.1) is 12.7 Å². The minimum Gasteiger partial charge on any atom is -0.496 e. The zero-order valence-corrected chi connectivity index (χ0v) is 17.1. The number of carbonyl (C=O) groups is 1. The van der Waals surface area contributed by atoms with Crippen molar-refractivity contribution >= 4 is 22.2 Å². The Labute approximate surface area is 174 Å². The maximum absolute atomic E-state index is 13.0. The first-order valence-corrected chi connectivity index (χ1v) is 10.7. The molecule has 2 aliphatic rings. The largest absolute Gasteiger partial charge is 0.496 e. The Balaban J connectivity index is 1.40. The molecule has 0 spiro atoms. The van der Waals surface area contributed by atoms with E-state index in [1.807, 2.05) is 30.3 Å². The minimum absolute atomic E-state index is 0.00339. The highest BCUT2D eigenvalue weighted by Crippen LogP contribution is 2.41. The number of hydrogen-bond donors (Lipinski definition) is 2. The standard InChI is InChI=1S/C23H23N3O2S/c1-28-18-10-6-5-9-16(18)21-24-22(27)20-17-11-12-26(13-15-7-3-2-4-8-15)14-19(17)29-23(20)25-21/h2-10,21,25H,11-14H2,1H3,(H,24,27)/t21-/m0/s1. The van der Waals surface area contributed by atoms with Crippen LogP contribution in [0.5, 0.6) is 5.75 Å². The molecule has 5 rings (SSSR count). The highest BCUT2D eigenvalue weighted by Gasteiger charge is 2.34. The molecule has 148 valence electrons. The number of carbonyl (C=O) groups excluding carboxylic acids is 1. The molecule has 0 bridgehead atoms. The monoisotopic (exact) mass is 405 g/mol. The van der Waals surface area contributed by atoms with Gasteiger partial charge < -0.3 is 15.4 Å². The minimum atomic E-state index is -0.285. The van der Waals surface area contributed by atoms with Crippen LogP contribution in [-0.2, 0) is 19.5 Å². The van der Waals surface area contributed by atoms with Crippen molar-refractivity contribution < 1.29 is 9.53 Å². The fourth-order valence-corrected chi connectivity index (χ4v) is 5.52. The lowest BCUT2D eigenvalue weighted by Crippen LogP contribution is -2.39. The molecule has 5 nitrogen and oxygen atoms in total. The molecule has 0 radical (unpaired) electrons. The van der Waals surface area contributed by atoms with Gasteiger partial charge in [-0.05, 0) is 23.6 Å². The number of nitrogens with zero attached hydrogens (tertiary/aromatic N) is 1. The van der Waals surface area contributed by atoms with Crippen molar-refractivity contribution in [1.82, 2.24) is 10.2 Å². The van der Waals surface area contributed by atoms with E-state index in [1.165, 1.54) is 16.0 Å². The molecule has 2 aliphatic heterocycles. The van der Waals surface area contributed by atoms with E-state index in [0.717, 1.165) is 47.9 Å². The van der Waals surface area contributed by atoms with Gasteiger partial charge in [0.2, 0.25) is 0 Å². The van der Waals surface area contributed by atoms with Gasteiger partial charge in [0, 0.05) is 30.1 Å². The number of anilines is 1. The molecule has 1 atom stereocenters. The number of benzene rings is 2. The summed E-state index contributed by atoms with van der Waals surface area (Å²) in [5.74, 6) is 0.771. The number of amides is 1. The van der Waals surface area contributed by atoms with Gasteiger partial charge >= 0.3 is 0 Å². The first kappa shape index (κ1) is 18.2. The Morgan fingerprint density at radius 3 is 2.72 bits per heavy atom. The third-order valence-electron chi connectivity index (χ3n) is 5.61. The Morgan fingerprint density at radius 2 is 1.90 bits per heavy atom. The zero-order chi connectivity index (χ0) is 19.8. The quantitative estimate of drug-likeness (QED) is 0.684. The van der Waals surface area contributed by atoms with E-state index in [0.29, 0.717) is 0 Å². The lowest BCUT2D eigenvalue weighted by molar-refractivity contribution is 0.0934. The highest BCUT2D eigenvalue weighted by molar-refractivity contribution is 7.16. The van der Waals surface area contributed by atoms with Gasteiger partial charge in [0.15, 0.2) is 0 Å². The third kappa shape index (κ3) is 3.39. The van der Waals surface area contributed by atoms with E-state index < -0.39 is 0 Å². The highest BCUT2D eigenvalue weighted by atomic mass is 32.1. The van der Waals surface area contributed by atoms with Crippen molar-refractivity contribution in [3.05, 3.63) is 81.7 Å². The molecule has 0 unspecified atom stereocenters. The Kier molecular flexibility index (Phi) is 4.73. The maximum Gasteiger partial charge on any atom is 0.256 e. The lowest BCUT2D eigenvalue weighted by Gasteiger charge is -2.29. The smallest absolute Gasteiger partial charge is 0.256 e. The first-order valence-electron chi connectivity index (χ1n) is 9.84. The molecular weight excluding hydrogens is 382 g/mol. The topological polar surface area (TPSA) is 53.6 Å². The van der Waals surface area contributed by atoms with Crippen molar-refractivity contribution in [3.63, 3.8) is 0 Å². The van der Waals surface area contributed by atoms with Crippen LogP contribution in [0.25, 0.3) is 0 Å². The van der Waals surface area contributed by atoms with E-state index >= 15 is 0 Å². The fraction of sp³-hybridized carbons (Fsp3) is 0.261. The van der Waals surface area contributed by atoms with Crippen molar-refractivity contribution in [1.29, 1.82) is 0 Å². The maximum atomic E-state index is 13.0. The summed E-state index contributed by atoms with van der Waals surface area (Å²) in [5.41, 5.74) is 4.30. The number of fused-ring (bicyclic) bond motifs is 3. The van der Waals surface area contributed by atoms with Crippen LogP contribution in [0.3, 0.4) is 0 Å². The summed E-state index contributed by atoms with van der Waals surface area (Å²) in [6, 6.07) is 18.3. The number of para-hydroxylation sites is 1. The summed E-state index contributed by atoms with van der Waals surface area (Å²) in [5, 5.41) is 7.61. The summed E-state index contributed by atoms with van der Waals surface area (Å²) >= 11 is 1.71. The van der Waals surface area contributed by atoms with E-state index in [9.17, 15) is 4.79 Å². The Bertz CT molecular complexity index is 1050. The molecule has 3 heterocycles. The van der Waals surface area contributed by atoms with Gasteiger partial charge in [0.1, 0.15) is 16.9 Å². The predicted octanol–water partition coefficient (Wildman–Crippen LogP) is 4.17. The molecule has 6 heteroatoms. The molecule has 29 heavy (non-hydrogen) atoms. The van der Waals surface area contributed by atoms with E-state index in [4.69, 9.17) is 4.74 Å². The van der Waals surface area contributed by atoms with Crippen LogP contribution in [0, 0.1) is 0 Å². The second kappa shape index (κ2) is 7.54. The molecule has 3 aromatic rings. The molecule has 2 aromatic carbocycles. The Hall–Kier alpha value is -2.83. The number of hydrogen-bond acceptors (Lipinski definition) is 5. The van der Waals surface area contributed by atoms with Crippen LogP contribution in [0.1, 0.15) is 38.1 Å². The van der Waals surface area contributed by atoms with Crippen LogP contribution < -0.4 is 15.4 Å². The molecule has 1 amide bonds. The van der Waals surface area contributed by atoms with Crippen LogP contribution in [0.4, 0.5) is 5.00 Å². The molecular formula is C23H23N3O2S. The van der Waals surface area contributed by atoms with Gasteiger partial charge in [-0.15, -0.1) is 11.3 Å². The second-order valence-electron chi connectivity index (χ2n) is 7.45. The average Bonchev–Trinajstić information content (AvgIpc) is 3.12. The third-order valence-corrected chi connectivity index (χ3v) is 6.76. The van der Waals surface area contributed by atoms with Gasteiger partial charge in [-0.1, -0.05) is 48.5 Å². The summed E-state index contributed by atoms with van der Waals surface area (Å²) in [7, 11) is 1.65. The van der Waals surface area contributed by atoms with Crippen LogP contribution >= 0.6 is 11.3 Å². The van der Waals surface area contributed by atoms with Crippen LogP contribution in [0.15, 0.2) is 54.6 Å². The van der Waals surface area contributed by atoms with Gasteiger partial charge in [-0.25, -0.2) is 0 Å². The van der Waals surface area contributed by atoms with Gasteiger partial charge in [-0.3, -0.25) is 9.69 Å². The lowest BCUT2D eigenvalue weighted by atomic mass is 10.00. The van der Waals surface area contributed by atoms with Crippen LogP contribution in [0.2, 0.25) is 0 Å². The summed E-state index contributed by atoms with van der Waals surface area (Å²) in [6.07, 6.45) is 0.620. The Morgan fingerprint density at radius 1 is 1.10 bits per heavy atom.